The first kappa shape index (κ1) is 11.6. The summed E-state index contributed by atoms with van der Waals surface area (Å²) in [5, 5.41) is 0. The van der Waals surface area contributed by atoms with E-state index in [-0.39, 0.29) is 0 Å². The lowest BCUT2D eigenvalue weighted by Crippen LogP contribution is -2.32. The Labute approximate surface area is 90.2 Å². The van der Waals surface area contributed by atoms with Crippen molar-refractivity contribution >= 4 is 5.91 Å². The lowest BCUT2D eigenvalue weighted by Gasteiger charge is -2.14. The summed E-state index contributed by atoms with van der Waals surface area (Å²) in [5.41, 5.74) is 7.55. The van der Waals surface area contributed by atoms with Gasteiger partial charge in [0.2, 0.25) is 0 Å². The van der Waals surface area contributed by atoms with E-state index in [1.807, 2.05) is 39.0 Å². The molecule has 0 unspecified atom stereocenters. The molecule has 0 fully saturated rings. The first-order valence-corrected chi connectivity index (χ1v) is 5.07. The average molecular weight is 207 g/mol. The Morgan fingerprint density at radius 3 is 2.53 bits per heavy atom. The molecule has 0 aliphatic carbocycles. The van der Waals surface area contributed by atoms with E-state index < -0.39 is 12.0 Å². The van der Waals surface area contributed by atoms with Crippen molar-refractivity contribution in [3.05, 3.63) is 29.3 Å². The normalized spacial score (nSPS) is 12.2. The number of carbonyl (C=O) groups excluding carboxylic acids is 1. The standard InChI is InChI=1S/C12H17NO2/c1-4-11(12(13)14)15-10-6-5-8(2)9(3)7-10/h5-7,11H,4H2,1-3H3,(H2,13,14)/t11-/m1/s1. The van der Waals surface area contributed by atoms with E-state index in [2.05, 4.69) is 0 Å². The first-order valence-electron chi connectivity index (χ1n) is 5.07. The second-order valence-corrected chi connectivity index (χ2v) is 3.66. The molecule has 82 valence electrons. The third-order valence-electron chi connectivity index (χ3n) is 2.44. The van der Waals surface area contributed by atoms with Crippen molar-refractivity contribution in [2.24, 2.45) is 5.73 Å². The zero-order valence-corrected chi connectivity index (χ0v) is 9.41. The molecule has 1 aromatic carbocycles. The van der Waals surface area contributed by atoms with Crippen LogP contribution in [0.15, 0.2) is 18.2 Å². The maximum Gasteiger partial charge on any atom is 0.258 e. The highest BCUT2D eigenvalue weighted by molar-refractivity contribution is 5.79. The molecule has 0 aliphatic heterocycles. The van der Waals surface area contributed by atoms with Crippen LogP contribution in [0, 0.1) is 13.8 Å². The predicted molar refractivity (Wildman–Crippen MR) is 59.8 cm³/mol. The van der Waals surface area contributed by atoms with Crippen LogP contribution in [-0.4, -0.2) is 12.0 Å². The van der Waals surface area contributed by atoms with Crippen LogP contribution in [0.1, 0.15) is 24.5 Å². The summed E-state index contributed by atoms with van der Waals surface area (Å²) in [6, 6.07) is 5.74. The summed E-state index contributed by atoms with van der Waals surface area (Å²) in [6.07, 6.45) is 0.0505. The van der Waals surface area contributed by atoms with Gasteiger partial charge in [0.1, 0.15) is 5.75 Å². The van der Waals surface area contributed by atoms with Gasteiger partial charge in [-0.3, -0.25) is 4.79 Å². The molecule has 0 heterocycles. The Balaban J connectivity index is 2.80. The number of nitrogens with two attached hydrogens (primary N) is 1. The van der Waals surface area contributed by atoms with Crippen LogP contribution in [0.5, 0.6) is 5.75 Å². The van der Waals surface area contributed by atoms with Crippen molar-refractivity contribution in [3.63, 3.8) is 0 Å². The summed E-state index contributed by atoms with van der Waals surface area (Å²) in [5.74, 6) is 0.277. The van der Waals surface area contributed by atoms with Gasteiger partial charge < -0.3 is 10.5 Å². The number of hydrogen-bond acceptors (Lipinski definition) is 2. The molecule has 1 amide bonds. The smallest absolute Gasteiger partial charge is 0.258 e. The predicted octanol–water partition coefficient (Wildman–Crippen LogP) is 1.95. The van der Waals surface area contributed by atoms with Crippen LogP contribution in [0.3, 0.4) is 0 Å². The molecule has 3 heteroatoms. The highest BCUT2D eigenvalue weighted by atomic mass is 16.5. The molecular formula is C12H17NO2. The highest BCUT2D eigenvalue weighted by Crippen LogP contribution is 2.18. The summed E-state index contributed by atoms with van der Waals surface area (Å²) >= 11 is 0. The Kier molecular flexibility index (Phi) is 3.72. The Hall–Kier alpha value is -1.51. The molecule has 0 saturated heterocycles. The monoisotopic (exact) mass is 207 g/mol. The largest absolute Gasteiger partial charge is 0.481 e. The third kappa shape index (κ3) is 2.98. The number of carbonyl (C=O) groups is 1. The number of benzene rings is 1. The van der Waals surface area contributed by atoms with E-state index in [9.17, 15) is 4.79 Å². The molecule has 3 nitrogen and oxygen atoms in total. The van der Waals surface area contributed by atoms with E-state index >= 15 is 0 Å². The van der Waals surface area contributed by atoms with Gasteiger partial charge in [-0.25, -0.2) is 0 Å². The minimum Gasteiger partial charge on any atom is -0.481 e. The first-order chi connectivity index (χ1) is 7.04. The van der Waals surface area contributed by atoms with Crippen molar-refractivity contribution in [1.29, 1.82) is 0 Å². The van der Waals surface area contributed by atoms with E-state index in [1.165, 1.54) is 5.56 Å². The van der Waals surface area contributed by atoms with Crippen molar-refractivity contribution in [3.8, 4) is 5.75 Å². The van der Waals surface area contributed by atoms with E-state index in [4.69, 9.17) is 10.5 Å². The number of ether oxygens (including phenoxy) is 1. The van der Waals surface area contributed by atoms with Crippen LogP contribution < -0.4 is 10.5 Å². The number of hydrogen-bond donors (Lipinski definition) is 1. The second-order valence-electron chi connectivity index (χ2n) is 3.66. The van der Waals surface area contributed by atoms with Gasteiger partial charge in [0.15, 0.2) is 6.10 Å². The fraction of sp³-hybridized carbons (Fsp3) is 0.417. The molecule has 0 aliphatic rings. The molecule has 0 bridgehead atoms. The molecule has 15 heavy (non-hydrogen) atoms. The molecule has 0 spiro atoms. The van der Waals surface area contributed by atoms with Crippen molar-refractivity contribution in [1.82, 2.24) is 0 Å². The van der Waals surface area contributed by atoms with Crippen LogP contribution in [0.4, 0.5) is 0 Å². The zero-order valence-electron chi connectivity index (χ0n) is 9.41. The fourth-order valence-corrected chi connectivity index (χ4v) is 1.29. The maximum absolute atomic E-state index is 11.0. The lowest BCUT2D eigenvalue weighted by molar-refractivity contribution is -0.124. The Morgan fingerprint density at radius 1 is 1.40 bits per heavy atom. The average Bonchev–Trinajstić information content (AvgIpc) is 2.19. The van der Waals surface area contributed by atoms with Gasteiger partial charge in [0.05, 0.1) is 0 Å². The van der Waals surface area contributed by atoms with Crippen LogP contribution >= 0.6 is 0 Å². The van der Waals surface area contributed by atoms with Gasteiger partial charge in [0, 0.05) is 0 Å². The Morgan fingerprint density at radius 2 is 2.07 bits per heavy atom. The number of rotatable bonds is 4. The molecule has 0 radical (unpaired) electrons. The maximum atomic E-state index is 11.0. The molecule has 0 aromatic heterocycles. The summed E-state index contributed by atoms with van der Waals surface area (Å²) in [7, 11) is 0. The Bertz CT molecular complexity index is 361. The van der Waals surface area contributed by atoms with Gasteiger partial charge in [-0.05, 0) is 43.5 Å². The van der Waals surface area contributed by atoms with Crippen LogP contribution in [0.25, 0.3) is 0 Å². The number of aryl methyl sites for hydroxylation is 2. The van der Waals surface area contributed by atoms with Gasteiger partial charge in [-0.2, -0.15) is 0 Å². The minimum atomic E-state index is -0.535. The lowest BCUT2D eigenvalue weighted by atomic mass is 10.1. The molecule has 0 saturated carbocycles. The quantitative estimate of drug-likeness (QED) is 0.820. The zero-order chi connectivity index (χ0) is 11.4. The third-order valence-corrected chi connectivity index (χ3v) is 2.44. The summed E-state index contributed by atoms with van der Waals surface area (Å²) in [4.78, 5) is 11.0. The summed E-state index contributed by atoms with van der Waals surface area (Å²) in [6.45, 7) is 5.91. The molecule has 1 aromatic rings. The van der Waals surface area contributed by atoms with Crippen molar-refractivity contribution < 1.29 is 9.53 Å². The van der Waals surface area contributed by atoms with Gasteiger partial charge in [0.25, 0.3) is 5.91 Å². The molecule has 1 rings (SSSR count). The van der Waals surface area contributed by atoms with Gasteiger partial charge in [-0.15, -0.1) is 0 Å². The SMILES string of the molecule is CC[C@@H](Oc1ccc(C)c(C)c1)C(N)=O. The van der Waals surface area contributed by atoms with E-state index in [0.717, 1.165) is 5.56 Å². The topological polar surface area (TPSA) is 52.3 Å². The minimum absolute atomic E-state index is 0.421. The molecule has 2 N–H and O–H groups in total. The van der Waals surface area contributed by atoms with E-state index in [1.54, 1.807) is 0 Å². The summed E-state index contributed by atoms with van der Waals surface area (Å²) < 4.78 is 5.49. The van der Waals surface area contributed by atoms with Crippen molar-refractivity contribution in [2.75, 3.05) is 0 Å². The van der Waals surface area contributed by atoms with Crippen LogP contribution in [0.2, 0.25) is 0 Å². The van der Waals surface area contributed by atoms with Crippen molar-refractivity contribution in [2.45, 2.75) is 33.3 Å². The number of primary amides is 1. The molecular weight excluding hydrogens is 190 g/mol. The van der Waals surface area contributed by atoms with Gasteiger partial charge >= 0.3 is 0 Å². The second kappa shape index (κ2) is 4.82. The van der Waals surface area contributed by atoms with E-state index in [0.29, 0.717) is 12.2 Å². The van der Waals surface area contributed by atoms with Crippen LogP contribution in [-0.2, 0) is 4.79 Å². The number of amides is 1. The van der Waals surface area contributed by atoms with Gasteiger partial charge in [-0.1, -0.05) is 13.0 Å². The fourth-order valence-electron chi connectivity index (χ4n) is 1.29. The highest BCUT2D eigenvalue weighted by Gasteiger charge is 2.14. The molecule has 1 atom stereocenters.